The maximum atomic E-state index is 11.5. The largest absolute Gasteiger partial charge is 0.366 e. The molecule has 0 saturated carbocycles. The van der Waals surface area contributed by atoms with Crippen LogP contribution in [0.25, 0.3) is 5.65 Å². The Hall–Kier alpha value is -1.89. The van der Waals surface area contributed by atoms with Crippen LogP contribution in [0.5, 0.6) is 0 Å². The number of hydrogen-bond donors (Lipinski definition) is 2. The van der Waals surface area contributed by atoms with E-state index in [1.54, 1.807) is 13.0 Å². The monoisotopic (exact) mass is 278 g/mol. The van der Waals surface area contributed by atoms with Gasteiger partial charge in [0.1, 0.15) is 11.6 Å². The molecule has 0 aliphatic carbocycles. The predicted molar refractivity (Wildman–Crippen MR) is 79.2 cm³/mol. The van der Waals surface area contributed by atoms with E-state index in [1.807, 2.05) is 0 Å². The molecule has 20 heavy (non-hydrogen) atoms. The lowest BCUT2D eigenvalue weighted by Gasteiger charge is -2.23. The van der Waals surface area contributed by atoms with Gasteiger partial charge in [-0.3, -0.25) is 0 Å². The van der Waals surface area contributed by atoms with Crippen LogP contribution in [0.2, 0.25) is 0 Å². The first kappa shape index (κ1) is 14.5. The zero-order valence-corrected chi connectivity index (χ0v) is 12.5. The minimum absolute atomic E-state index is 0.257. The highest BCUT2D eigenvalue weighted by Gasteiger charge is 2.10. The molecule has 0 aliphatic rings. The molecule has 2 heterocycles. The van der Waals surface area contributed by atoms with E-state index in [1.165, 1.54) is 4.40 Å². The SMILES string of the molecule is CCN(CC)CC(C)Nc1cc2n[nH]c(=O)n2c(C)n1. The first-order chi connectivity index (χ1) is 9.55. The predicted octanol–water partition coefficient (Wildman–Crippen LogP) is 0.868. The smallest absolute Gasteiger partial charge is 0.349 e. The second kappa shape index (κ2) is 6.04. The van der Waals surface area contributed by atoms with Gasteiger partial charge in [-0.2, -0.15) is 5.10 Å². The van der Waals surface area contributed by atoms with Gasteiger partial charge in [-0.1, -0.05) is 13.8 Å². The molecule has 2 aromatic heterocycles. The number of nitrogens with one attached hydrogen (secondary N) is 2. The van der Waals surface area contributed by atoms with Gasteiger partial charge >= 0.3 is 5.69 Å². The fourth-order valence-electron chi connectivity index (χ4n) is 2.34. The molecule has 0 saturated heterocycles. The van der Waals surface area contributed by atoms with E-state index in [0.717, 1.165) is 25.5 Å². The number of H-pyrrole nitrogens is 1. The first-order valence-electron chi connectivity index (χ1n) is 6.98. The third-order valence-electron chi connectivity index (χ3n) is 3.39. The molecule has 1 unspecified atom stereocenters. The molecule has 110 valence electrons. The Balaban J connectivity index is 2.15. The van der Waals surface area contributed by atoms with Crippen LogP contribution >= 0.6 is 0 Å². The second-order valence-corrected chi connectivity index (χ2v) is 4.94. The van der Waals surface area contributed by atoms with E-state index >= 15 is 0 Å². The summed E-state index contributed by atoms with van der Waals surface area (Å²) >= 11 is 0. The molecular formula is C13H22N6O. The lowest BCUT2D eigenvalue weighted by molar-refractivity contribution is 0.294. The number of rotatable bonds is 6. The number of likely N-dealkylation sites (N-methyl/N-ethyl adjacent to an activating group) is 1. The molecule has 0 fully saturated rings. The van der Waals surface area contributed by atoms with Crippen LogP contribution in [-0.4, -0.2) is 50.2 Å². The zero-order chi connectivity index (χ0) is 14.7. The standard InChI is InChI=1S/C13H22N6O/c1-5-18(6-2)8-9(3)14-11-7-12-16-17-13(20)19(12)10(4)15-11/h7,9,14H,5-6,8H2,1-4H3,(H,17,20). The fraction of sp³-hybridized carbons (Fsp3) is 0.615. The van der Waals surface area contributed by atoms with Gasteiger partial charge in [0.2, 0.25) is 0 Å². The van der Waals surface area contributed by atoms with Gasteiger partial charge in [0, 0.05) is 18.7 Å². The van der Waals surface area contributed by atoms with Crippen molar-refractivity contribution in [2.45, 2.75) is 33.7 Å². The number of aromatic amines is 1. The molecular weight excluding hydrogens is 256 g/mol. The van der Waals surface area contributed by atoms with Crippen LogP contribution in [0.4, 0.5) is 5.82 Å². The van der Waals surface area contributed by atoms with E-state index in [9.17, 15) is 4.79 Å². The molecule has 0 aromatic carbocycles. The third kappa shape index (κ3) is 2.98. The van der Waals surface area contributed by atoms with E-state index in [4.69, 9.17) is 0 Å². The highest BCUT2D eigenvalue weighted by molar-refractivity contribution is 5.50. The first-order valence-corrected chi connectivity index (χ1v) is 6.98. The summed E-state index contributed by atoms with van der Waals surface area (Å²) in [7, 11) is 0. The fourth-order valence-corrected chi connectivity index (χ4v) is 2.34. The van der Waals surface area contributed by atoms with Gasteiger partial charge < -0.3 is 10.2 Å². The Bertz CT molecular complexity index is 627. The van der Waals surface area contributed by atoms with Crippen LogP contribution in [0, 0.1) is 6.92 Å². The van der Waals surface area contributed by atoms with Crippen molar-refractivity contribution in [3.05, 3.63) is 22.4 Å². The van der Waals surface area contributed by atoms with Crippen molar-refractivity contribution in [2.75, 3.05) is 25.0 Å². The number of hydrogen-bond acceptors (Lipinski definition) is 5. The molecule has 2 N–H and O–H groups in total. The summed E-state index contributed by atoms with van der Waals surface area (Å²) in [6.07, 6.45) is 0. The van der Waals surface area contributed by atoms with Crippen molar-refractivity contribution in [3.8, 4) is 0 Å². The molecule has 0 spiro atoms. The number of nitrogens with zero attached hydrogens (tertiary/aromatic N) is 4. The quantitative estimate of drug-likeness (QED) is 0.819. The van der Waals surface area contributed by atoms with Crippen molar-refractivity contribution >= 4 is 11.5 Å². The normalized spacial score (nSPS) is 13.1. The van der Waals surface area contributed by atoms with Gasteiger partial charge in [-0.05, 0) is 26.9 Å². The third-order valence-corrected chi connectivity index (χ3v) is 3.39. The van der Waals surface area contributed by atoms with Crippen LogP contribution in [0.15, 0.2) is 10.9 Å². The van der Waals surface area contributed by atoms with Crippen LogP contribution in [0.1, 0.15) is 26.6 Å². The molecule has 0 radical (unpaired) electrons. The van der Waals surface area contributed by atoms with Gasteiger partial charge in [0.05, 0.1) is 0 Å². The maximum Gasteiger partial charge on any atom is 0.349 e. The second-order valence-electron chi connectivity index (χ2n) is 4.94. The van der Waals surface area contributed by atoms with Crippen molar-refractivity contribution in [1.82, 2.24) is 24.5 Å². The van der Waals surface area contributed by atoms with Gasteiger partial charge in [-0.15, -0.1) is 0 Å². The topological polar surface area (TPSA) is 78.3 Å². The Morgan fingerprint density at radius 1 is 1.45 bits per heavy atom. The highest BCUT2D eigenvalue weighted by Crippen LogP contribution is 2.09. The summed E-state index contributed by atoms with van der Waals surface area (Å²) in [6, 6.07) is 2.05. The summed E-state index contributed by atoms with van der Waals surface area (Å²) < 4.78 is 1.46. The molecule has 2 rings (SSSR count). The number of fused-ring (bicyclic) bond motifs is 1. The molecule has 1 atom stereocenters. The Labute approximate surface area is 118 Å². The van der Waals surface area contributed by atoms with Crippen molar-refractivity contribution < 1.29 is 0 Å². The van der Waals surface area contributed by atoms with Gasteiger partial charge in [0.15, 0.2) is 5.65 Å². The van der Waals surface area contributed by atoms with Crippen LogP contribution in [0.3, 0.4) is 0 Å². The Kier molecular flexibility index (Phi) is 4.39. The molecule has 7 nitrogen and oxygen atoms in total. The molecule has 7 heteroatoms. The zero-order valence-electron chi connectivity index (χ0n) is 12.5. The van der Waals surface area contributed by atoms with Crippen molar-refractivity contribution in [2.24, 2.45) is 0 Å². The molecule has 0 aliphatic heterocycles. The molecule has 0 amide bonds. The summed E-state index contributed by atoms with van der Waals surface area (Å²) in [6.45, 7) is 11.2. The summed E-state index contributed by atoms with van der Waals surface area (Å²) in [5, 5.41) is 9.77. The molecule has 0 bridgehead atoms. The van der Waals surface area contributed by atoms with E-state index in [0.29, 0.717) is 11.5 Å². The Morgan fingerprint density at radius 3 is 2.80 bits per heavy atom. The minimum atomic E-state index is -0.257. The number of aromatic nitrogens is 4. The van der Waals surface area contributed by atoms with Gasteiger partial charge in [0.25, 0.3) is 0 Å². The van der Waals surface area contributed by atoms with Crippen LogP contribution < -0.4 is 11.0 Å². The van der Waals surface area contributed by atoms with Gasteiger partial charge in [-0.25, -0.2) is 19.3 Å². The van der Waals surface area contributed by atoms with Crippen molar-refractivity contribution in [3.63, 3.8) is 0 Å². The number of anilines is 1. The average molecular weight is 278 g/mol. The average Bonchev–Trinajstić information content (AvgIpc) is 2.78. The lowest BCUT2D eigenvalue weighted by Crippen LogP contribution is -2.35. The summed E-state index contributed by atoms with van der Waals surface area (Å²) in [5.74, 6) is 1.37. The van der Waals surface area contributed by atoms with E-state index < -0.39 is 0 Å². The lowest BCUT2D eigenvalue weighted by atomic mass is 10.3. The summed E-state index contributed by atoms with van der Waals surface area (Å²) in [5.41, 5.74) is 0.327. The number of aryl methyl sites for hydroxylation is 1. The molecule has 2 aromatic rings. The van der Waals surface area contributed by atoms with Crippen LogP contribution in [-0.2, 0) is 0 Å². The highest BCUT2D eigenvalue weighted by atomic mass is 16.1. The van der Waals surface area contributed by atoms with E-state index in [-0.39, 0.29) is 11.7 Å². The Morgan fingerprint density at radius 2 is 2.15 bits per heavy atom. The minimum Gasteiger partial charge on any atom is -0.366 e. The maximum absolute atomic E-state index is 11.5. The van der Waals surface area contributed by atoms with E-state index in [2.05, 4.69) is 46.2 Å². The van der Waals surface area contributed by atoms with Crippen molar-refractivity contribution in [1.29, 1.82) is 0 Å². The summed E-state index contributed by atoms with van der Waals surface area (Å²) in [4.78, 5) is 18.3.